The van der Waals surface area contributed by atoms with Crippen molar-refractivity contribution >= 4 is 22.3 Å². The lowest BCUT2D eigenvalue weighted by atomic mass is 9.96. The molecule has 2 fully saturated rings. The van der Waals surface area contributed by atoms with E-state index in [0.717, 1.165) is 60.6 Å². The summed E-state index contributed by atoms with van der Waals surface area (Å²) in [6, 6.07) is 12.1. The Morgan fingerprint density at radius 1 is 1.17 bits per heavy atom. The number of morpholine rings is 1. The van der Waals surface area contributed by atoms with Gasteiger partial charge in [-0.05, 0) is 50.5 Å². The van der Waals surface area contributed by atoms with Gasteiger partial charge >= 0.3 is 0 Å². The predicted molar refractivity (Wildman–Crippen MR) is 114 cm³/mol. The van der Waals surface area contributed by atoms with Crippen molar-refractivity contribution in [2.45, 2.75) is 38.4 Å². The zero-order chi connectivity index (χ0) is 20.1. The lowest BCUT2D eigenvalue weighted by molar-refractivity contribution is 0.0533. The summed E-state index contributed by atoms with van der Waals surface area (Å²) in [4.78, 5) is 6.87. The van der Waals surface area contributed by atoms with Gasteiger partial charge in [0.2, 0.25) is 5.88 Å². The highest BCUT2D eigenvalue weighted by Gasteiger charge is 2.22. The van der Waals surface area contributed by atoms with Gasteiger partial charge in [0.25, 0.3) is 0 Å². The van der Waals surface area contributed by atoms with Crippen LogP contribution in [0.3, 0.4) is 0 Å². The molecule has 0 amide bonds. The van der Waals surface area contributed by atoms with Crippen molar-refractivity contribution in [2.24, 2.45) is 0 Å². The van der Waals surface area contributed by atoms with Crippen molar-refractivity contribution in [2.75, 3.05) is 24.6 Å². The highest BCUT2D eigenvalue weighted by molar-refractivity contribution is 5.94. The number of ether oxygens (including phenoxy) is 2. The Balaban J connectivity index is 1.40. The van der Waals surface area contributed by atoms with Crippen LogP contribution >= 0.6 is 0 Å². The molecule has 4 aromatic rings. The van der Waals surface area contributed by atoms with E-state index in [1.54, 1.807) is 0 Å². The molecule has 3 aromatic heterocycles. The summed E-state index contributed by atoms with van der Waals surface area (Å²) in [6.45, 7) is 4.60. The second-order valence-corrected chi connectivity index (χ2v) is 8.18. The van der Waals surface area contributed by atoms with Gasteiger partial charge in [-0.1, -0.05) is 6.07 Å². The largest absolute Gasteiger partial charge is 0.473 e. The maximum absolute atomic E-state index is 6.23. The van der Waals surface area contributed by atoms with Gasteiger partial charge in [-0.15, -0.1) is 5.10 Å². The number of nitrogens with zero attached hydrogens (tertiary/aromatic N) is 4. The maximum Gasteiger partial charge on any atom is 0.232 e. The molecule has 6 rings (SSSR count). The Morgan fingerprint density at radius 2 is 2.10 bits per heavy atom. The van der Waals surface area contributed by atoms with E-state index in [1.807, 2.05) is 35.0 Å². The summed E-state index contributed by atoms with van der Waals surface area (Å²) in [7, 11) is 0. The van der Waals surface area contributed by atoms with Crippen molar-refractivity contribution < 1.29 is 13.9 Å². The van der Waals surface area contributed by atoms with E-state index >= 15 is 0 Å². The normalized spacial score (nSPS) is 20.0. The average molecular weight is 404 g/mol. The van der Waals surface area contributed by atoms with E-state index < -0.39 is 0 Å². The average Bonchev–Trinajstić information content (AvgIpc) is 3.34. The van der Waals surface area contributed by atoms with Gasteiger partial charge in [0, 0.05) is 30.2 Å². The summed E-state index contributed by atoms with van der Waals surface area (Å²) >= 11 is 0. The van der Waals surface area contributed by atoms with Gasteiger partial charge in [0.05, 0.1) is 18.9 Å². The Kier molecular flexibility index (Phi) is 4.16. The fourth-order valence-electron chi connectivity index (χ4n) is 4.23. The lowest BCUT2D eigenvalue weighted by Crippen LogP contribution is -2.41. The molecular weight excluding hydrogens is 380 g/mol. The molecule has 1 saturated carbocycles. The van der Waals surface area contributed by atoms with Crippen LogP contribution in [0.25, 0.3) is 28.1 Å². The minimum atomic E-state index is 0.220. The fraction of sp³-hybridized carbons (Fsp3) is 0.391. The van der Waals surface area contributed by atoms with Gasteiger partial charge in [-0.25, -0.2) is 9.50 Å². The van der Waals surface area contributed by atoms with Gasteiger partial charge in [-0.3, -0.25) is 0 Å². The number of hydrogen-bond donors (Lipinski definition) is 0. The van der Waals surface area contributed by atoms with Crippen LogP contribution in [-0.2, 0) is 4.74 Å². The first-order valence-electron chi connectivity index (χ1n) is 10.7. The summed E-state index contributed by atoms with van der Waals surface area (Å²) in [5, 5.41) is 5.77. The molecule has 1 aliphatic carbocycles. The van der Waals surface area contributed by atoms with Crippen LogP contribution in [0.5, 0.6) is 5.88 Å². The zero-order valence-electron chi connectivity index (χ0n) is 17.0. The number of fused-ring (bicyclic) bond motifs is 2. The van der Waals surface area contributed by atoms with Crippen LogP contribution in [0.15, 0.2) is 47.0 Å². The van der Waals surface area contributed by atoms with Crippen molar-refractivity contribution in [1.82, 2.24) is 14.6 Å². The molecule has 1 atom stereocenters. The smallest absolute Gasteiger partial charge is 0.232 e. The van der Waals surface area contributed by atoms with Crippen LogP contribution in [0.2, 0.25) is 0 Å². The van der Waals surface area contributed by atoms with Crippen molar-refractivity contribution in [3.05, 3.63) is 42.6 Å². The molecule has 30 heavy (non-hydrogen) atoms. The minimum Gasteiger partial charge on any atom is -0.473 e. The van der Waals surface area contributed by atoms with Crippen LogP contribution in [-0.4, -0.2) is 46.5 Å². The third-order valence-corrected chi connectivity index (χ3v) is 6.05. The Bertz CT molecular complexity index is 1210. The van der Waals surface area contributed by atoms with Gasteiger partial charge in [0.15, 0.2) is 11.4 Å². The number of hydrogen-bond acceptors (Lipinski definition) is 6. The summed E-state index contributed by atoms with van der Waals surface area (Å²) in [6.07, 6.45) is 5.74. The standard InChI is InChI=1S/C23H24N4O3/c1-15-14-26(10-11-28-15)18-6-3-7-20-17(18)12-21(30-20)19-13-24-22-8-9-23(25-27(19)22)29-16-4-2-5-16/h3,6-9,12-13,15-16H,2,4-5,10-11,14H2,1H3/t15-/m1/s1. The van der Waals surface area contributed by atoms with Crippen molar-refractivity contribution in [3.8, 4) is 17.3 Å². The summed E-state index contributed by atoms with van der Waals surface area (Å²) < 4.78 is 19.7. The fourth-order valence-corrected chi connectivity index (χ4v) is 4.23. The minimum absolute atomic E-state index is 0.220. The first-order valence-corrected chi connectivity index (χ1v) is 10.7. The van der Waals surface area contributed by atoms with Crippen LogP contribution < -0.4 is 9.64 Å². The predicted octanol–water partition coefficient (Wildman–Crippen LogP) is 4.30. The third-order valence-electron chi connectivity index (χ3n) is 6.05. The maximum atomic E-state index is 6.23. The molecule has 1 aromatic carbocycles. The van der Waals surface area contributed by atoms with Crippen LogP contribution in [0.1, 0.15) is 26.2 Å². The molecule has 1 aliphatic heterocycles. The van der Waals surface area contributed by atoms with Crippen LogP contribution in [0, 0.1) is 0 Å². The highest BCUT2D eigenvalue weighted by atomic mass is 16.5. The molecule has 7 heteroatoms. The van der Waals surface area contributed by atoms with Crippen molar-refractivity contribution in [3.63, 3.8) is 0 Å². The molecule has 154 valence electrons. The first kappa shape index (κ1) is 17.8. The van der Waals surface area contributed by atoms with E-state index in [4.69, 9.17) is 13.9 Å². The molecule has 0 bridgehead atoms. The van der Waals surface area contributed by atoms with Gasteiger partial charge < -0.3 is 18.8 Å². The number of anilines is 1. The molecule has 1 saturated heterocycles. The summed E-state index contributed by atoms with van der Waals surface area (Å²) in [5.74, 6) is 1.38. The zero-order valence-corrected chi connectivity index (χ0v) is 17.0. The molecule has 2 aliphatic rings. The van der Waals surface area contributed by atoms with Gasteiger partial charge in [0.1, 0.15) is 17.4 Å². The van der Waals surface area contributed by atoms with E-state index in [0.29, 0.717) is 5.88 Å². The molecule has 0 unspecified atom stereocenters. The van der Waals surface area contributed by atoms with E-state index in [-0.39, 0.29) is 12.2 Å². The molecule has 0 radical (unpaired) electrons. The summed E-state index contributed by atoms with van der Waals surface area (Å²) in [5.41, 5.74) is 3.63. The highest BCUT2D eigenvalue weighted by Crippen LogP contribution is 2.35. The Morgan fingerprint density at radius 3 is 2.93 bits per heavy atom. The Hall–Kier alpha value is -3.06. The molecule has 0 N–H and O–H groups in total. The number of furan rings is 1. The second-order valence-electron chi connectivity index (χ2n) is 8.18. The third kappa shape index (κ3) is 3.01. The van der Waals surface area contributed by atoms with Crippen LogP contribution in [0.4, 0.5) is 5.69 Å². The van der Waals surface area contributed by atoms with E-state index in [2.05, 4.69) is 34.0 Å². The number of imidazole rings is 1. The number of aromatic nitrogens is 3. The molecule has 4 heterocycles. The SMILES string of the molecule is C[C@@H]1CN(c2cccc3oc(-c4cnc5ccc(OC6CCC6)nn45)cc23)CCO1. The van der Waals surface area contributed by atoms with Crippen molar-refractivity contribution in [1.29, 1.82) is 0 Å². The number of rotatable bonds is 4. The quantitative estimate of drug-likeness (QED) is 0.505. The second kappa shape index (κ2) is 7.02. The lowest BCUT2D eigenvalue weighted by Gasteiger charge is -2.33. The number of benzene rings is 1. The monoisotopic (exact) mass is 404 g/mol. The van der Waals surface area contributed by atoms with E-state index in [1.165, 1.54) is 12.1 Å². The van der Waals surface area contributed by atoms with E-state index in [9.17, 15) is 0 Å². The van der Waals surface area contributed by atoms with Gasteiger partial charge in [-0.2, -0.15) is 0 Å². The molecular formula is C23H24N4O3. The molecule has 7 nitrogen and oxygen atoms in total. The Labute approximate surface area is 174 Å². The molecule has 0 spiro atoms. The topological polar surface area (TPSA) is 65.0 Å². The first-order chi connectivity index (χ1) is 14.7.